The average Bonchev–Trinajstić information content (AvgIpc) is 3.41. The number of rotatable bonds is 4. The molecular formula is C24H34N2O4S. The molecule has 2 saturated carbocycles. The molecule has 0 aromatic carbocycles. The second-order valence-electron chi connectivity index (χ2n) is 9.61. The number of carboxylic acid groups (broad SMARTS) is 1. The third kappa shape index (κ3) is 4.66. The Kier molecular flexibility index (Phi) is 6.99. The van der Waals surface area contributed by atoms with Gasteiger partial charge < -0.3 is 16.2 Å². The fourth-order valence-corrected chi connectivity index (χ4v) is 7.49. The normalized spacial score (nSPS) is 28.9. The fourth-order valence-electron chi connectivity index (χ4n) is 6.19. The minimum atomic E-state index is -0.874. The van der Waals surface area contributed by atoms with Gasteiger partial charge in [0.25, 0.3) is 5.91 Å². The van der Waals surface area contributed by atoms with Gasteiger partial charge in [-0.15, -0.1) is 11.3 Å². The maximum Gasteiger partial charge on any atom is 0.307 e. The van der Waals surface area contributed by atoms with Gasteiger partial charge in [0.05, 0.1) is 17.4 Å². The van der Waals surface area contributed by atoms with Gasteiger partial charge in [-0.25, -0.2) is 0 Å². The van der Waals surface area contributed by atoms with Crippen LogP contribution < -0.4 is 11.1 Å². The number of hydrogen-bond acceptors (Lipinski definition) is 4. The van der Waals surface area contributed by atoms with E-state index in [1.165, 1.54) is 43.4 Å². The molecule has 0 unspecified atom stereocenters. The van der Waals surface area contributed by atoms with Crippen molar-refractivity contribution in [3.63, 3.8) is 0 Å². The smallest absolute Gasteiger partial charge is 0.307 e. The molecule has 2 fully saturated rings. The average molecular weight is 447 g/mol. The Morgan fingerprint density at radius 3 is 2.06 bits per heavy atom. The molecule has 3 aliphatic carbocycles. The number of carbonyl (C=O) groups is 3. The number of anilines is 1. The van der Waals surface area contributed by atoms with E-state index in [2.05, 4.69) is 5.32 Å². The van der Waals surface area contributed by atoms with Gasteiger partial charge in [-0.2, -0.15) is 0 Å². The number of aliphatic carboxylic acids is 1. The molecule has 0 spiro atoms. The molecule has 3 aliphatic rings. The highest BCUT2D eigenvalue weighted by molar-refractivity contribution is 7.17. The summed E-state index contributed by atoms with van der Waals surface area (Å²) in [5, 5.41) is 13.2. The first kappa shape index (κ1) is 22.3. The molecule has 31 heavy (non-hydrogen) atoms. The van der Waals surface area contributed by atoms with Gasteiger partial charge in [0.1, 0.15) is 5.00 Å². The van der Waals surface area contributed by atoms with E-state index in [-0.39, 0.29) is 17.7 Å². The summed E-state index contributed by atoms with van der Waals surface area (Å²) in [6, 6.07) is 0. The van der Waals surface area contributed by atoms with Crippen molar-refractivity contribution in [1.29, 1.82) is 0 Å². The number of primary amides is 1. The van der Waals surface area contributed by atoms with Gasteiger partial charge in [0.15, 0.2) is 0 Å². The molecule has 4 atom stereocenters. The molecule has 4 rings (SSSR count). The van der Waals surface area contributed by atoms with Crippen LogP contribution in [0.5, 0.6) is 0 Å². The number of carbonyl (C=O) groups excluding carboxylic acids is 2. The Hall–Kier alpha value is -1.89. The van der Waals surface area contributed by atoms with Crippen LogP contribution in [-0.2, 0) is 22.4 Å². The van der Waals surface area contributed by atoms with Crippen LogP contribution in [0.25, 0.3) is 0 Å². The zero-order chi connectivity index (χ0) is 22.0. The fraction of sp³-hybridized carbons (Fsp3) is 0.708. The molecule has 7 heteroatoms. The monoisotopic (exact) mass is 446 g/mol. The van der Waals surface area contributed by atoms with Crippen molar-refractivity contribution in [1.82, 2.24) is 0 Å². The highest BCUT2D eigenvalue weighted by Crippen LogP contribution is 2.53. The van der Waals surface area contributed by atoms with Crippen molar-refractivity contribution >= 4 is 34.1 Å². The molecule has 170 valence electrons. The van der Waals surface area contributed by atoms with Crippen molar-refractivity contribution < 1.29 is 19.5 Å². The Balaban J connectivity index is 1.59. The van der Waals surface area contributed by atoms with Crippen molar-refractivity contribution in [2.75, 3.05) is 5.32 Å². The summed E-state index contributed by atoms with van der Waals surface area (Å²) in [7, 11) is 0. The summed E-state index contributed by atoms with van der Waals surface area (Å²) in [5.74, 6) is -2.53. The second-order valence-corrected chi connectivity index (χ2v) is 10.7. The van der Waals surface area contributed by atoms with Gasteiger partial charge in [-0.1, -0.05) is 38.5 Å². The molecule has 1 aromatic heterocycles. The van der Waals surface area contributed by atoms with Crippen LogP contribution in [0, 0.1) is 23.7 Å². The first-order valence-electron chi connectivity index (χ1n) is 12.0. The van der Waals surface area contributed by atoms with Gasteiger partial charge in [0.2, 0.25) is 5.91 Å². The van der Waals surface area contributed by atoms with Gasteiger partial charge in [-0.3, -0.25) is 14.4 Å². The highest BCUT2D eigenvalue weighted by atomic mass is 32.1. The molecule has 0 saturated heterocycles. The van der Waals surface area contributed by atoms with E-state index < -0.39 is 23.7 Å². The lowest BCUT2D eigenvalue weighted by molar-refractivity contribution is -0.148. The molecule has 4 N–H and O–H groups in total. The lowest BCUT2D eigenvalue weighted by atomic mass is 9.78. The summed E-state index contributed by atoms with van der Waals surface area (Å²) in [4.78, 5) is 38.6. The summed E-state index contributed by atoms with van der Waals surface area (Å²) in [5.41, 5.74) is 7.26. The van der Waals surface area contributed by atoms with Crippen LogP contribution in [0.3, 0.4) is 0 Å². The van der Waals surface area contributed by atoms with E-state index in [1.807, 2.05) is 0 Å². The quantitative estimate of drug-likeness (QED) is 0.620. The van der Waals surface area contributed by atoms with E-state index in [9.17, 15) is 19.5 Å². The topological polar surface area (TPSA) is 109 Å². The molecule has 1 aromatic rings. The van der Waals surface area contributed by atoms with Crippen LogP contribution in [-0.4, -0.2) is 22.9 Å². The molecule has 2 bridgehead atoms. The van der Waals surface area contributed by atoms with Crippen LogP contribution in [0.15, 0.2) is 0 Å². The van der Waals surface area contributed by atoms with Crippen LogP contribution >= 0.6 is 11.3 Å². The zero-order valence-corrected chi connectivity index (χ0v) is 19.0. The highest BCUT2D eigenvalue weighted by Gasteiger charge is 2.54. The SMILES string of the molecule is NC(=O)c1c(NC(=O)[C@@H]2[C@@H]3CC[C@@H](C3)[C@@H]2C(=O)O)sc2c1CCCCCCCCCC2. The van der Waals surface area contributed by atoms with Crippen molar-refractivity contribution in [2.24, 2.45) is 29.4 Å². The van der Waals surface area contributed by atoms with E-state index in [0.29, 0.717) is 10.6 Å². The lowest BCUT2D eigenvalue weighted by Crippen LogP contribution is -2.38. The Morgan fingerprint density at radius 2 is 1.45 bits per heavy atom. The number of amides is 2. The van der Waals surface area contributed by atoms with Crippen molar-refractivity contribution in [2.45, 2.75) is 83.5 Å². The third-order valence-corrected chi connectivity index (χ3v) is 8.87. The van der Waals surface area contributed by atoms with Gasteiger partial charge in [0, 0.05) is 4.88 Å². The first-order chi connectivity index (χ1) is 15.0. The third-order valence-electron chi connectivity index (χ3n) is 7.66. The lowest BCUT2D eigenvalue weighted by Gasteiger charge is -2.26. The number of nitrogens with one attached hydrogen (secondary N) is 1. The maximum atomic E-state index is 13.2. The molecule has 0 radical (unpaired) electrons. The van der Waals surface area contributed by atoms with Crippen LogP contribution in [0.4, 0.5) is 5.00 Å². The Bertz CT molecular complexity index is 849. The number of aryl methyl sites for hydroxylation is 1. The minimum Gasteiger partial charge on any atom is -0.481 e. The molecule has 2 amide bonds. The number of thiophene rings is 1. The Morgan fingerprint density at radius 1 is 0.871 bits per heavy atom. The zero-order valence-electron chi connectivity index (χ0n) is 18.2. The summed E-state index contributed by atoms with van der Waals surface area (Å²) in [6.07, 6.45) is 13.8. The summed E-state index contributed by atoms with van der Waals surface area (Å²) in [6.45, 7) is 0. The van der Waals surface area contributed by atoms with Crippen molar-refractivity contribution in [3.8, 4) is 0 Å². The van der Waals surface area contributed by atoms with Gasteiger partial charge >= 0.3 is 5.97 Å². The predicted octanol–water partition coefficient (Wildman–Crippen LogP) is 4.75. The summed E-state index contributed by atoms with van der Waals surface area (Å²) >= 11 is 1.48. The molecular weight excluding hydrogens is 412 g/mol. The minimum absolute atomic E-state index is 0.0952. The maximum absolute atomic E-state index is 13.2. The van der Waals surface area contributed by atoms with Gasteiger partial charge in [-0.05, 0) is 62.3 Å². The number of nitrogens with two attached hydrogens (primary N) is 1. The van der Waals surface area contributed by atoms with Crippen LogP contribution in [0.1, 0.15) is 91.4 Å². The van der Waals surface area contributed by atoms with Crippen LogP contribution in [0.2, 0.25) is 0 Å². The predicted molar refractivity (Wildman–Crippen MR) is 121 cm³/mol. The number of hydrogen-bond donors (Lipinski definition) is 3. The molecule has 6 nitrogen and oxygen atoms in total. The number of carboxylic acids is 1. The number of fused-ring (bicyclic) bond motifs is 3. The summed E-state index contributed by atoms with van der Waals surface area (Å²) < 4.78 is 0. The van der Waals surface area contributed by atoms with E-state index in [1.54, 1.807) is 0 Å². The van der Waals surface area contributed by atoms with E-state index in [0.717, 1.165) is 61.8 Å². The van der Waals surface area contributed by atoms with Crippen molar-refractivity contribution in [3.05, 3.63) is 16.0 Å². The standard InChI is InChI=1S/C24H34N2O4S/c25-21(27)20-16-9-7-5-3-1-2-4-6-8-10-17(16)31-23(20)26-22(28)18-14-11-12-15(13-14)19(18)24(29)30/h14-15,18-19H,1-13H2,(H2,25,27)(H,26,28)(H,29,30)/t14-,15+,18-,19+/m1/s1. The van der Waals surface area contributed by atoms with E-state index >= 15 is 0 Å². The first-order valence-corrected chi connectivity index (χ1v) is 12.8. The van der Waals surface area contributed by atoms with E-state index in [4.69, 9.17) is 5.73 Å². The second kappa shape index (κ2) is 9.72. The Labute approximate surface area is 188 Å². The molecule has 1 heterocycles. The largest absolute Gasteiger partial charge is 0.481 e. The molecule has 0 aliphatic heterocycles.